The third-order valence-corrected chi connectivity index (χ3v) is 3.26. The number of thiocarbonyl (C=S) groups is 1. The summed E-state index contributed by atoms with van der Waals surface area (Å²) in [5.41, 5.74) is 7.14. The van der Waals surface area contributed by atoms with E-state index in [1.54, 1.807) is 6.07 Å². The molecule has 0 atom stereocenters. The standard InChI is InChI=1S/C14H20ClN3OS/c1-4-18(8-12(19)17-9(2)3)11-7-5-6-10(15)13(11)14(16)20/h5-7,9H,4,8H2,1-3H3,(H2,16,20)(H,17,19). The van der Waals surface area contributed by atoms with Crippen LogP contribution in [0.3, 0.4) is 0 Å². The number of benzene rings is 1. The van der Waals surface area contributed by atoms with Gasteiger partial charge in [0.2, 0.25) is 5.91 Å². The molecule has 1 rings (SSSR count). The molecule has 0 heterocycles. The molecule has 3 N–H and O–H groups in total. The minimum absolute atomic E-state index is 0.0456. The van der Waals surface area contributed by atoms with Crippen molar-refractivity contribution >= 4 is 40.4 Å². The Bertz CT molecular complexity index is 505. The molecule has 1 aromatic carbocycles. The first-order valence-corrected chi connectivity index (χ1v) is 7.28. The van der Waals surface area contributed by atoms with Crippen LogP contribution < -0.4 is 16.0 Å². The number of halogens is 1. The van der Waals surface area contributed by atoms with Gasteiger partial charge < -0.3 is 16.0 Å². The van der Waals surface area contributed by atoms with Crippen LogP contribution in [-0.4, -0.2) is 30.0 Å². The predicted molar refractivity (Wildman–Crippen MR) is 88.5 cm³/mol. The molecule has 110 valence electrons. The number of likely N-dealkylation sites (N-methyl/N-ethyl adjacent to an activating group) is 1. The average Bonchev–Trinajstić information content (AvgIpc) is 2.34. The second-order valence-corrected chi connectivity index (χ2v) is 5.58. The van der Waals surface area contributed by atoms with E-state index < -0.39 is 0 Å². The molecule has 0 aliphatic carbocycles. The molecule has 0 bridgehead atoms. The van der Waals surface area contributed by atoms with Gasteiger partial charge in [-0.2, -0.15) is 0 Å². The number of nitrogens with two attached hydrogens (primary N) is 1. The van der Waals surface area contributed by atoms with Gasteiger partial charge in [-0.15, -0.1) is 0 Å². The lowest BCUT2D eigenvalue weighted by molar-refractivity contribution is -0.120. The van der Waals surface area contributed by atoms with Gasteiger partial charge in [0, 0.05) is 18.3 Å². The van der Waals surface area contributed by atoms with Crippen LogP contribution in [-0.2, 0) is 4.79 Å². The summed E-state index contributed by atoms with van der Waals surface area (Å²) in [6.45, 7) is 6.71. The molecule has 0 aromatic heterocycles. The molecular weight excluding hydrogens is 294 g/mol. The minimum atomic E-state index is -0.0456. The highest BCUT2D eigenvalue weighted by Gasteiger charge is 2.17. The van der Waals surface area contributed by atoms with Crippen LogP contribution >= 0.6 is 23.8 Å². The largest absolute Gasteiger partial charge is 0.389 e. The Morgan fingerprint density at radius 2 is 2.15 bits per heavy atom. The van der Waals surface area contributed by atoms with E-state index in [1.807, 2.05) is 37.8 Å². The Balaban J connectivity index is 3.04. The van der Waals surface area contributed by atoms with Crippen LogP contribution in [0.4, 0.5) is 5.69 Å². The number of anilines is 1. The first kappa shape index (κ1) is 16.7. The highest BCUT2D eigenvalue weighted by molar-refractivity contribution is 7.80. The van der Waals surface area contributed by atoms with Gasteiger partial charge in [-0.3, -0.25) is 4.79 Å². The number of carbonyl (C=O) groups is 1. The maximum Gasteiger partial charge on any atom is 0.239 e. The molecule has 0 spiro atoms. The van der Waals surface area contributed by atoms with Crippen LogP contribution in [0.1, 0.15) is 26.3 Å². The molecule has 0 aliphatic heterocycles. The Labute approximate surface area is 130 Å². The number of rotatable bonds is 6. The summed E-state index contributed by atoms with van der Waals surface area (Å²) in [6.07, 6.45) is 0. The van der Waals surface area contributed by atoms with E-state index in [0.29, 0.717) is 17.1 Å². The van der Waals surface area contributed by atoms with E-state index >= 15 is 0 Å². The van der Waals surface area contributed by atoms with E-state index in [9.17, 15) is 4.79 Å². The number of nitrogens with one attached hydrogen (secondary N) is 1. The van der Waals surface area contributed by atoms with Crippen LogP contribution in [0, 0.1) is 0 Å². The number of hydrogen-bond acceptors (Lipinski definition) is 3. The summed E-state index contributed by atoms with van der Waals surface area (Å²) in [5, 5.41) is 3.36. The molecule has 0 saturated carbocycles. The summed E-state index contributed by atoms with van der Waals surface area (Å²) < 4.78 is 0. The normalized spacial score (nSPS) is 10.4. The Kier molecular flexibility index (Phi) is 6.23. The van der Waals surface area contributed by atoms with Crippen LogP contribution in [0.2, 0.25) is 5.02 Å². The molecule has 0 unspecified atom stereocenters. The third kappa shape index (κ3) is 4.35. The SMILES string of the molecule is CCN(CC(=O)NC(C)C)c1cccc(Cl)c1C(N)=S. The molecule has 1 aromatic rings. The Morgan fingerprint density at radius 1 is 1.50 bits per heavy atom. The highest BCUT2D eigenvalue weighted by Crippen LogP contribution is 2.27. The quantitative estimate of drug-likeness (QED) is 0.791. The van der Waals surface area contributed by atoms with Gasteiger partial charge in [0.05, 0.1) is 17.1 Å². The fraction of sp³-hybridized carbons (Fsp3) is 0.429. The lowest BCUT2D eigenvalue weighted by atomic mass is 10.1. The van der Waals surface area contributed by atoms with Crippen molar-refractivity contribution in [3.63, 3.8) is 0 Å². The smallest absolute Gasteiger partial charge is 0.239 e. The Hall–Kier alpha value is -1.33. The van der Waals surface area contributed by atoms with Gasteiger partial charge in [0.1, 0.15) is 4.99 Å². The lowest BCUT2D eigenvalue weighted by Gasteiger charge is -2.25. The number of amides is 1. The monoisotopic (exact) mass is 313 g/mol. The third-order valence-electron chi connectivity index (χ3n) is 2.74. The second-order valence-electron chi connectivity index (χ2n) is 4.73. The lowest BCUT2D eigenvalue weighted by Crippen LogP contribution is -2.40. The van der Waals surface area contributed by atoms with Crippen molar-refractivity contribution in [2.45, 2.75) is 26.8 Å². The zero-order valence-corrected chi connectivity index (χ0v) is 13.5. The van der Waals surface area contributed by atoms with E-state index in [-0.39, 0.29) is 23.5 Å². The maximum atomic E-state index is 11.9. The number of hydrogen-bond donors (Lipinski definition) is 2. The maximum absolute atomic E-state index is 11.9. The van der Waals surface area contributed by atoms with Crippen molar-refractivity contribution < 1.29 is 4.79 Å². The first-order chi connectivity index (χ1) is 9.36. The molecule has 1 amide bonds. The van der Waals surface area contributed by atoms with Gasteiger partial charge in [0.25, 0.3) is 0 Å². The average molecular weight is 314 g/mol. The van der Waals surface area contributed by atoms with E-state index in [4.69, 9.17) is 29.6 Å². The predicted octanol–water partition coefficient (Wildman–Crippen LogP) is 2.33. The fourth-order valence-corrected chi connectivity index (χ4v) is 2.47. The minimum Gasteiger partial charge on any atom is -0.389 e. The van der Waals surface area contributed by atoms with Crippen molar-refractivity contribution in [3.8, 4) is 0 Å². The van der Waals surface area contributed by atoms with Crippen molar-refractivity contribution in [1.29, 1.82) is 0 Å². The molecule has 0 aliphatic rings. The van der Waals surface area contributed by atoms with Gasteiger partial charge in [0.15, 0.2) is 0 Å². The number of nitrogens with zero attached hydrogens (tertiary/aromatic N) is 1. The van der Waals surface area contributed by atoms with Crippen LogP contribution in [0.5, 0.6) is 0 Å². The summed E-state index contributed by atoms with van der Waals surface area (Å²) in [7, 11) is 0. The van der Waals surface area contributed by atoms with Crippen molar-refractivity contribution in [1.82, 2.24) is 5.32 Å². The summed E-state index contributed by atoms with van der Waals surface area (Å²) in [5.74, 6) is -0.0456. The van der Waals surface area contributed by atoms with E-state index in [2.05, 4.69) is 5.32 Å². The van der Waals surface area contributed by atoms with Crippen LogP contribution in [0.25, 0.3) is 0 Å². The fourth-order valence-electron chi connectivity index (χ4n) is 1.93. The second kappa shape index (κ2) is 7.45. The molecule has 6 heteroatoms. The van der Waals surface area contributed by atoms with Gasteiger partial charge >= 0.3 is 0 Å². The summed E-state index contributed by atoms with van der Waals surface area (Å²) >= 11 is 11.2. The molecule has 20 heavy (non-hydrogen) atoms. The Morgan fingerprint density at radius 3 is 2.65 bits per heavy atom. The molecule has 0 fully saturated rings. The highest BCUT2D eigenvalue weighted by atomic mass is 35.5. The number of carbonyl (C=O) groups excluding carboxylic acids is 1. The van der Waals surface area contributed by atoms with Crippen molar-refractivity contribution in [3.05, 3.63) is 28.8 Å². The zero-order valence-electron chi connectivity index (χ0n) is 11.9. The van der Waals surface area contributed by atoms with Crippen molar-refractivity contribution in [2.75, 3.05) is 18.0 Å². The summed E-state index contributed by atoms with van der Waals surface area (Å²) in [4.78, 5) is 14.0. The van der Waals surface area contributed by atoms with Crippen molar-refractivity contribution in [2.24, 2.45) is 5.73 Å². The van der Waals surface area contributed by atoms with E-state index in [1.165, 1.54) is 0 Å². The van der Waals surface area contributed by atoms with E-state index in [0.717, 1.165) is 5.69 Å². The van der Waals surface area contributed by atoms with Gasteiger partial charge in [-0.25, -0.2) is 0 Å². The first-order valence-electron chi connectivity index (χ1n) is 6.49. The van der Waals surface area contributed by atoms with Crippen LogP contribution in [0.15, 0.2) is 18.2 Å². The topological polar surface area (TPSA) is 58.4 Å². The molecule has 4 nitrogen and oxygen atoms in total. The molecular formula is C14H20ClN3OS. The van der Waals surface area contributed by atoms with Gasteiger partial charge in [-0.1, -0.05) is 29.9 Å². The zero-order chi connectivity index (χ0) is 15.3. The molecule has 0 radical (unpaired) electrons. The molecule has 0 saturated heterocycles. The summed E-state index contributed by atoms with van der Waals surface area (Å²) in [6, 6.07) is 5.53. The van der Waals surface area contributed by atoms with Gasteiger partial charge in [-0.05, 0) is 32.9 Å².